The van der Waals surface area contributed by atoms with Crippen molar-refractivity contribution in [3.8, 4) is 0 Å². The summed E-state index contributed by atoms with van der Waals surface area (Å²) in [6.45, 7) is 3.32. The van der Waals surface area contributed by atoms with Crippen LogP contribution in [-0.2, 0) is 11.8 Å². The van der Waals surface area contributed by atoms with Crippen LogP contribution in [0.4, 0.5) is 5.95 Å². The molecule has 0 aliphatic rings. The van der Waals surface area contributed by atoms with Crippen molar-refractivity contribution in [2.45, 2.75) is 13.8 Å². The van der Waals surface area contributed by atoms with Crippen LogP contribution < -0.4 is 5.73 Å². The van der Waals surface area contributed by atoms with Crippen molar-refractivity contribution in [1.29, 1.82) is 0 Å². The van der Waals surface area contributed by atoms with Gasteiger partial charge in [-0.1, -0.05) is 0 Å². The van der Waals surface area contributed by atoms with E-state index in [4.69, 9.17) is 10.8 Å². The monoisotopic (exact) mass is 195 g/mol. The van der Waals surface area contributed by atoms with E-state index in [1.165, 1.54) is 6.92 Å². The SMILES string of the molecule is CC(=Cc1c(C)nc(N)n1C)C(=O)O. The van der Waals surface area contributed by atoms with Crippen LogP contribution in [-0.4, -0.2) is 20.6 Å². The quantitative estimate of drug-likeness (QED) is 0.684. The van der Waals surface area contributed by atoms with Gasteiger partial charge in [-0.15, -0.1) is 0 Å². The molecule has 3 N–H and O–H groups in total. The third kappa shape index (κ3) is 1.76. The van der Waals surface area contributed by atoms with Crippen molar-refractivity contribution in [3.63, 3.8) is 0 Å². The van der Waals surface area contributed by atoms with Crippen LogP contribution in [0.2, 0.25) is 0 Å². The molecule has 14 heavy (non-hydrogen) atoms. The molecule has 0 fully saturated rings. The van der Waals surface area contributed by atoms with Crippen LogP contribution in [0.5, 0.6) is 0 Å². The summed E-state index contributed by atoms with van der Waals surface area (Å²) in [4.78, 5) is 14.6. The van der Waals surface area contributed by atoms with Gasteiger partial charge in [0.1, 0.15) is 0 Å². The zero-order valence-corrected chi connectivity index (χ0v) is 8.40. The Kier molecular flexibility index (Phi) is 2.60. The average molecular weight is 195 g/mol. The number of nitrogen functional groups attached to an aromatic ring is 1. The van der Waals surface area contributed by atoms with Crippen LogP contribution in [0.3, 0.4) is 0 Å². The fraction of sp³-hybridized carbons (Fsp3) is 0.333. The van der Waals surface area contributed by atoms with Gasteiger partial charge in [-0.2, -0.15) is 0 Å². The van der Waals surface area contributed by atoms with Crippen molar-refractivity contribution < 1.29 is 9.90 Å². The lowest BCUT2D eigenvalue weighted by atomic mass is 10.2. The minimum absolute atomic E-state index is 0.260. The zero-order chi connectivity index (χ0) is 10.9. The first-order valence-electron chi connectivity index (χ1n) is 4.14. The molecular weight excluding hydrogens is 182 g/mol. The number of anilines is 1. The summed E-state index contributed by atoms with van der Waals surface area (Å²) in [5, 5.41) is 8.70. The number of carboxylic acids is 1. The average Bonchev–Trinajstić information content (AvgIpc) is 2.32. The zero-order valence-electron chi connectivity index (χ0n) is 8.40. The molecule has 5 nitrogen and oxygen atoms in total. The number of aliphatic carboxylic acids is 1. The lowest BCUT2D eigenvalue weighted by Gasteiger charge is -1.99. The summed E-state index contributed by atoms with van der Waals surface area (Å²) in [7, 11) is 1.75. The number of hydrogen-bond acceptors (Lipinski definition) is 3. The van der Waals surface area contributed by atoms with E-state index in [-0.39, 0.29) is 5.57 Å². The highest BCUT2D eigenvalue weighted by Gasteiger charge is 2.08. The second-order valence-electron chi connectivity index (χ2n) is 3.13. The van der Waals surface area contributed by atoms with E-state index in [1.54, 1.807) is 24.6 Å². The smallest absolute Gasteiger partial charge is 0.331 e. The Labute approximate surface area is 81.9 Å². The second kappa shape index (κ2) is 3.53. The van der Waals surface area contributed by atoms with Gasteiger partial charge >= 0.3 is 5.97 Å². The molecule has 0 aromatic carbocycles. The predicted octanol–water partition coefficient (Wildman–Crippen LogP) is 0.799. The van der Waals surface area contributed by atoms with Crippen LogP contribution in [0.25, 0.3) is 6.08 Å². The van der Waals surface area contributed by atoms with Crippen LogP contribution in [0, 0.1) is 6.92 Å². The minimum Gasteiger partial charge on any atom is -0.478 e. The molecule has 0 aliphatic carbocycles. The topological polar surface area (TPSA) is 81.1 Å². The fourth-order valence-electron chi connectivity index (χ4n) is 1.14. The number of carbonyl (C=O) groups is 1. The Morgan fingerprint density at radius 3 is 2.57 bits per heavy atom. The Morgan fingerprint density at radius 2 is 2.21 bits per heavy atom. The maximum Gasteiger partial charge on any atom is 0.331 e. The van der Waals surface area contributed by atoms with E-state index in [1.807, 2.05) is 0 Å². The summed E-state index contributed by atoms with van der Waals surface area (Å²) in [5.41, 5.74) is 7.28. The predicted molar refractivity (Wildman–Crippen MR) is 53.6 cm³/mol. The van der Waals surface area contributed by atoms with Gasteiger partial charge in [0, 0.05) is 12.6 Å². The van der Waals surface area contributed by atoms with E-state index in [0.29, 0.717) is 5.95 Å². The van der Waals surface area contributed by atoms with E-state index in [2.05, 4.69) is 4.98 Å². The highest BCUT2D eigenvalue weighted by Crippen LogP contribution is 2.14. The molecule has 0 amide bonds. The van der Waals surface area contributed by atoms with Crippen LogP contribution in [0.1, 0.15) is 18.3 Å². The molecule has 0 saturated carbocycles. The van der Waals surface area contributed by atoms with Gasteiger partial charge in [0.15, 0.2) is 0 Å². The van der Waals surface area contributed by atoms with Crippen molar-refractivity contribution in [2.24, 2.45) is 7.05 Å². The van der Waals surface area contributed by atoms with Crippen LogP contribution >= 0.6 is 0 Å². The number of carboxylic acid groups (broad SMARTS) is 1. The maximum atomic E-state index is 10.6. The number of aromatic nitrogens is 2. The van der Waals surface area contributed by atoms with E-state index in [0.717, 1.165) is 11.4 Å². The van der Waals surface area contributed by atoms with E-state index >= 15 is 0 Å². The van der Waals surface area contributed by atoms with Crippen LogP contribution in [0.15, 0.2) is 5.57 Å². The third-order valence-corrected chi connectivity index (χ3v) is 2.05. The molecule has 1 rings (SSSR count). The summed E-state index contributed by atoms with van der Waals surface area (Å²) < 4.78 is 1.65. The number of imidazole rings is 1. The summed E-state index contributed by atoms with van der Waals surface area (Å²) in [6.07, 6.45) is 1.56. The second-order valence-corrected chi connectivity index (χ2v) is 3.13. The third-order valence-electron chi connectivity index (χ3n) is 2.05. The number of aryl methyl sites for hydroxylation is 1. The molecular formula is C9H13N3O2. The van der Waals surface area contributed by atoms with Gasteiger partial charge in [0.25, 0.3) is 0 Å². The number of rotatable bonds is 2. The lowest BCUT2D eigenvalue weighted by Crippen LogP contribution is -2.01. The normalized spacial score (nSPS) is 11.8. The number of nitrogens with two attached hydrogens (primary N) is 1. The molecule has 1 aromatic rings. The van der Waals surface area contributed by atoms with Crippen molar-refractivity contribution in [1.82, 2.24) is 9.55 Å². The molecule has 0 radical (unpaired) electrons. The van der Waals surface area contributed by atoms with Gasteiger partial charge in [-0.3, -0.25) is 0 Å². The Morgan fingerprint density at radius 1 is 1.64 bits per heavy atom. The van der Waals surface area contributed by atoms with Crippen molar-refractivity contribution >= 4 is 18.0 Å². The summed E-state index contributed by atoms with van der Waals surface area (Å²) >= 11 is 0. The van der Waals surface area contributed by atoms with E-state index in [9.17, 15) is 4.79 Å². The molecule has 0 bridgehead atoms. The number of nitrogens with zero attached hydrogens (tertiary/aromatic N) is 2. The summed E-state index contributed by atoms with van der Waals surface area (Å²) in [5.74, 6) is -0.559. The molecule has 1 aromatic heterocycles. The molecule has 0 saturated heterocycles. The lowest BCUT2D eigenvalue weighted by molar-refractivity contribution is -0.132. The first-order valence-corrected chi connectivity index (χ1v) is 4.14. The van der Waals surface area contributed by atoms with E-state index < -0.39 is 5.97 Å². The highest BCUT2D eigenvalue weighted by molar-refractivity contribution is 5.91. The Balaban J connectivity index is 3.20. The van der Waals surface area contributed by atoms with Crippen molar-refractivity contribution in [2.75, 3.05) is 5.73 Å². The molecule has 5 heteroatoms. The molecule has 0 unspecified atom stereocenters. The largest absolute Gasteiger partial charge is 0.478 e. The molecule has 0 aliphatic heterocycles. The van der Waals surface area contributed by atoms with Gasteiger partial charge < -0.3 is 15.4 Å². The Hall–Kier alpha value is -1.78. The first-order chi connectivity index (χ1) is 6.43. The van der Waals surface area contributed by atoms with Crippen molar-refractivity contribution in [3.05, 3.63) is 17.0 Å². The van der Waals surface area contributed by atoms with Gasteiger partial charge in [-0.05, 0) is 19.9 Å². The standard InChI is InChI=1S/C9H13N3O2/c1-5(8(13)14)4-7-6(2)11-9(10)12(7)3/h4H,1-3H3,(H2,10,11)(H,13,14). The Bertz CT molecular complexity index is 404. The first kappa shape index (κ1) is 10.3. The number of hydrogen-bond donors (Lipinski definition) is 2. The molecule has 1 heterocycles. The summed E-state index contributed by atoms with van der Waals surface area (Å²) in [6, 6.07) is 0. The minimum atomic E-state index is -0.941. The van der Waals surface area contributed by atoms with Gasteiger partial charge in [0.05, 0.1) is 11.4 Å². The fourth-order valence-corrected chi connectivity index (χ4v) is 1.14. The highest BCUT2D eigenvalue weighted by atomic mass is 16.4. The molecule has 0 spiro atoms. The van der Waals surface area contributed by atoms with Gasteiger partial charge in [-0.25, -0.2) is 9.78 Å². The molecule has 76 valence electrons. The molecule has 0 atom stereocenters. The van der Waals surface area contributed by atoms with Gasteiger partial charge in [0.2, 0.25) is 5.95 Å². The maximum absolute atomic E-state index is 10.6.